The van der Waals surface area contributed by atoms with E-state index < -0.39 is 0 Å². The van der Waals surface area contributed by atoms with Crippen molar-refractivity contribution in [2.75, 3.05) is 5.32 Å². The van der Waals surface area contributed by atoms with Crippen LogP contribution in [-0.2, 0) is 11.2 Å². The summed E-state index contributed by atoms with van der Waals surface area (Å²) in [5, 5.41) is 2.93. The van der Waals surface area contributed by atoms with Gasteiger partial charge in [0, 0.05) is 30.4 Å². The van der Waals surface area contributed by atoms with Crippen LogP contribution in [0.25, 0.3) is 0 Å². The Kier molecular flexibility index (Phi) is 3.50. The summed E-state index contributed by atoms with van der Waals surface area (Å²) in [4.78, 5) is 15.6. The second kappa shape index (κ2) is 5.45. The van der Waals surface area contributed by atoms with E-state index >= 15 is 0 Å². The summed E-state index contributed by atoms with van der Waals surface area (Å²) < 4.78 is 0. The van der Waals surface area contributed by atoms with Crippen molar-refractivity contribution in [2.45, 2.75) is 32.1 Å². The molecule has 1 aliphatic rings. The minimum atomic E-state index is 0.115. The lowest BCUT2D eigenvalue weighted by molar-refractivity contribution is -0.116. The lowest BCUT2D eigenvalue weighted by Gasteiger charge is -2.21. The zero-order valence-corrected chi connectivity index (χ0v) is 11.6. The highest BCUT2D eigenvalue weighted by Gasteiger charge is 2.18. The van der Waals surface area contributed by atoms with Gasteiger partial charge in [0.05, 0.1) is 0 Å². The third-order valence-corrected chi connectivity index (χ3v) is 3.92. The molecular weight excluding hydrogens is 248 g/mol. The van der Waals surface area contributed by atoms with Crippen LogP contribution >= 0.6 is 0 Å². The molecule has 1 aromatic heterocycles. The lowest BCUT2D eigenvalue weighted by atomic mass is 9.88. The van der Waals surface area contributed by atoms with E-state index in [1.54, 1.807) is 6.20 Å². The van der Waals surface area contributed by atoms with Gasteiger partial charge in [-0.05, 0) is 41.7 Å². The quantitative estimate of drug-likeness (QED) is 0.923. The van der Waals surface area contributed by atoms with Gasteiger partial charge in [-0.3, -0.25) is 9.78 Å². The Labute approximate surface area is 119 Å². The Bertz CT molecular complexity index is 622. The molecule has 3 nitrogen and oxygen atoms in total. The van der Waals surface area contributed by atoms with Crippen LogP contribution in [0.15, 0.2) is 42.7 Å². The topological polar surface area (TPSA) is 42.0 Å². The average Bonchev–Trinajstić information content (AvgIpc) is 2.49. The number of carbonyl (C=O) groups is 1. The normalized spacial score (nSPS) is 15.3. The zero-order valence-electron chi connectivity index (χ0n) is 11.6. The fourth-order valence-corrected chi connectivity index (χ4v) is 2.87. The molecule has 0 spiro atoms. The van der Waals surface area contributed by atoms with E-state index in [2.05, 4.69) is 35.4 Å². The van der Waals surface area contributed by atoms with Crippen molar-refractivity contribution in [1.82, 2.24) is 4.98 Å². The van der Waals surface area contributed by atoms with Gasteiger partial charge in [-0.2, -0.15) is 0 Å². The van der Waals surface area contributed by atoms with Gasteiger partial charge in [0.15, 0.2) is 0 Å². The van der Waals surface area contributed by atoms with Crippen molar-refractivity contribution in [3.05, 3.63) is 59.4 Å². The predicted octanol–water partition coefficient (Wildman–Crippen LogP) is 3.51. The molecule has 3 rings (SSSR count). The molecule has 0 bridgehead atoms. The monoisotopic (exact) mass is 266 g/mol. The Morgan fingerprint density at radius 1 is 1.25 bits per heavy atom. The van der Waals surface area contributed by atoms with Crippen LogP contribution in [0.1, 0.15) is 42.4 Å². The Balaban J connectivity index is 1.95. The number of aryl methyl sites for hydroxylation is 1. The number of hydrogen-bond acceptors (Lipinski definition) is 2. The summed E-state index contributed by atoms with van der Waals surface area (Å²) in [6, 6.07) is 10.5. The maximum Gasteiger partial charge on any atom is 0.224 e. The molecule has 1 amide bonds. The van der Waals surface area contributed by atoms with E-state index in [-0.39, 0.29) is 5.91 Å². The number of nitrogens with one attached hydrogen (secondary N) is 1. The molecule has 1 unspecified atom stereocenters. The number of carbonyl (C=O) groups excluding carboxylic acids is 1. The molecule has 1 atom stereocenters. The molecule has 102 valence electrons. The van der Waals surface area contributed by atoms with E-state index in [1.807, 2.05) is 18.3 Å². The van der Waals surface area contributed by atoms with Crippen LogP contribution in [0.5, 0.6) is 0 Å². The van der Waals surface area contributed by atoms with Crippen molar-refractivity contribution < 1.29 is 4.79 Å². The number of fused-ring (bicyclic) bond motifs is 1. The highest BCUT2D eigenvalue weighted by atomic mass is 16.1. The van der Waals surface area contributed by atoms with Crippen molar-refractivity contribution in [3.8, 4) is 0 Å². The second-order valence-electron chi connectivity index (χ2n) is 5.21. The van der Waals surface area contributed by atoms with Crippen LogP contribution < -0.4 is 5.32 Å². The highest BCUT2D eigenvalue weighted by molar-refractivity contribution is 5.93. The number of nitrogens with zero attached hydrogens (tertiary/aromatic N) is 1. The molecular formula is C17H18N2O. The molecule has 0 fully saturated rings. The first-order valence-electron chi connectivity index (χ1n) is 7.10. The molecule has 3 heteroatoms. The smallest absolute Gasteiger partial charge is 0.224 e. The molecule has 1 aromatic carbocycles. The summed E-state index contributed by atoms with van der Waals surface area (Å²) in [7, 11) is 0. The second-order valence-corrected chi connectivity index (χ2v) is 5.21. The predicted molar refractivity (Wildman–Crippen MR) is 79.8 cm³/mol. The summed E-state index contributed by atoms with van der Waals surface area (Å²) in [5.74, 6) is 0.483. The van der Waals surface area contributed by atoms with Gasteiger partial charge in [-0.1, -0.05) is 25.1 Å². The number of hydrogen-bond donors (Lipinski definition) is 1. The number of benzene rings is 1. The van der Waals surface area contributed by atoms with Crippen LogP contribution in [0.3, 0.4) is 0 Å². The molecule has 1 N–H and O–H groups in total. The standard InChI is InChI=1S/C17H18N2O/c1-2-15(14-4-3-9-18-11-14)12-5-7-16-13(10-12)6-8-17(20)19-16/h3-5,7,9-11,15H,2,6,8H2,1H3,(H,19,20). The van der Waals surface area contributed by atoms with E-state index in [0.29, 0.717) is 12.3 Å². The molecule has 0 aliphatic carbocycles. The number of aromatic nitrogens is 1. The molecule has 2 aromatic rings. The van der Waals surface area contributed by atoms with E-state index in [9.17, 15) is 4.79 Å². The van der Waals surface area contributed by atoms with Crippen molar-refractivity contribution >= 4 is 11.6 Å². The van der Waals surface area contributed by atoms with Crippen molar-refractivity contribution in [3.63, 3.8) is 0 Å². The third kappa shape index (κ3) is 2.44. The number of anilines is 1. The van der Waals surface area contributed by atoms with E-state index in [4.69, 9.17) is 0 Å². The average molecular weight is 266 g/mol. The van der Waals surface area contributed by atoms with Crippen LogP contribution in [0.4, 0.5) is 5.69 Å². The first kappa shape index (κ1) is 12.9. The van der Waals surface area contributed by atoms with Gasteiger partial charge in [-0.25, -0.2) is 0 Å². The minimum absolute atomic E-state index is 0.115. The third-order valence-electron chi connectivity index (χ3n) is 3.92. The maximum absolute atomic E-state index is 11.4. The summed E-state index contributed by atoms with van der Waals surface area (Å²) in [6.07, 6.45) is 6.20. The van der Waals surface area contributed by atoms with Gasteiger partial charge < -0.3 is 5.32 Å². The maximum atomic E-state index is 11.4. The van der Waals surface area contributed by atoms with Gasteiger partial charge in [0.2, 0.25) is 5.91 Å². The Morgan fingerprint density at radius 2 is 2.15 bits per heavy atom. The van der Waals surface area contributed by atoms with Gasteiger partial charge in [-0.15, -0.1) is 0 Å². The number of amides is 1. The largest absolute Gasteiger partial charge is 0.326 e. The molecule has 0 radical (unpaired) electrons. The Hall–Kier alpha value is -2.16. The van der Waals surface area contributed by atoms with Gasteiger partial charge in [0.25, 0.3) is 0 Å². The van der Waals surface area contributed by atoms with Crippen molar-refractivity contribution in [2.24, 2.45) is 0 Å². The fourth-order valence-electron chi connectivity index (χ4n) is 2.87. The van der Waals surface area contributed by atoms with E-state index in [0.717, 1.165) is 18.5 Å². The van der Waals surface area contributed by atoms with Gasteiger partial charge in [0.1, 0.15) is 0 Å². The van der Waals surface area contributed by atoms with Crippen LogP contribution in [0.2, 0.25) is 0 Å². The lowest BCUT2D eigenvalue weighted by Crippen LogP contribution is -2.19. The SMILES string of the molecule is CCC(c1cccnc1)c1ccc2c(c1)CCC(=O)N2. The number of pyridine rings is 1. The van der Waals surface area contributed by atoms with E-state index in [1.165, 1.54) is 16.7 Å². The summed E-state index contributed by atoms with van der Waals surface area (Å²) >= 11 is 0. The van der Waals surface area contributed by atoms with Crippen LogP contribution in [0, 0.1) is 0 Å². The summed E-state index contributed by atoms with van der Waals surface area (Å²) in [5.41, 5.74) is 4.75. The molecule has 2 heterocycles. The van der Waals surface area contributed by atoms with Gasteiger partial charge >= 0.3 is 0 Å². The molecule has 0 saturated carbocycles. The van der Waals surface area contributed by atoms with Crippen LogP contribution in [-0.4, -0.2) is 10.9 Å². The molecule has 1 aliphatic heterocycles. The molecule has 0 saturated heterocycles. The zero-order chi connectivity index (χ0) is 13.9. The fraction of sp³-hybridized carbons (Fsp3) is 0.294. The highest BCUT2D eigenvalue weighted by Crippen LogP contribution is 2.31. The first-order valence-corrected chi connectivity index (χ1v) is 7.10. The minimum Gasteiger partial charge on any atom is -0.326 e. The number of rotatable bonds is 3. The summed E-state index contributed by atoms with van der Waals surface area (Å²) in [6.45, 7) is 2.19. The molecule has 20 heavy (non-hydrogen) atoms. The Morgan fingerprint density at radius 3 is 2.90 bits per heavy atom. The van der Waals surface area contributed by atoms with Crippen molar-refractivity contribution in [1.29, 1.82) is 0 Å². The first-order chi connectivity index (χ1) is 9.78.